The Kier molecular flexibility index (Phi) is 8.21. The highest BCUT2D eigenvalue weighted by Gasteiger charge is 2.31. The van der Waals surface area contributed by atoms with E-state index in [0.717, 1.165) is 24.0 Å². The van der Waals surface area contributed by atoms with Crippen LogP contribution < -0.4 is 14.4 Å². The lowest BCUT2D eigenvalue weighted by molar-refractivity contribution is 0.0964. The molecule has 0 aliphatic heterocycles. The summed E-state index contributed by atoms with van der Waals surface area (Å²) in [6.07, 6.45) is 1.77. The van der Waals surface area contributed by atoms with Crippen molar-refractivity contribution in [3.8, 4) is 17.1 Å². The first-order chi connectivity index (χ1) is 20.8. The minimum Gasteiger partial charge on any atom is -0.755 e. The van der Waals surface area contributed by atoms with Gasteiger partial charge in [-0.1, -0.05) is 48.0 Å². The lowest BCUT2D eigenvalue weighted by atomic mass is 10.00. The molecule has 1 heterocycles. The molecule has 4 aromatic carbocycles. The molecule has 1 unspecified atom stereocenters. The van der Waals surface area contributed by atoms with Gasteiger partial charge in [0.15, 0.2) is 11.6 Å². The van der Waals surface area contributed by atoms with Crippen LogP contribution in [0.3, 0.4) is 0 Å². The summed E-state index contributed by atoms with van der Waals surface area (Å²) in [6, 6.07) is 24.3. The average Bonchev–Trinajstić information content (AvgIpc) is 3.79. The number of amides is 1. The van der Waals surface area contributed by atoms with Crippen molar-refractivity contribution < 1.29 is 27.1 Å². The van der Waals surface area contributed by atoms with Gasteiger partial charge in [0.1, 0.15) is 18.0 Å². The van der Waals surface area contributed by atoms with E-state index in [9.17, 15) is 13.6 Å². The smallest absolute Gasteiger partial charge is 0.255 e. The second kappa shape index (κ2) is 12.2. The fraction of sp³-hybridized carbons (Fsp3) is 0.182. The van der Waals surface area contributed by atoms with Crippen molar-refractivity contribution in [1.82, 2.24) is 5.32 Å². The Morgan fingerprint density at radius 1 is 1.07 bits per heavy atom. The summed E-state index contributed by atoms with van der Waals surface area (Å²) in [6.45, 7) is 0.0993. The van der Waals surface area contributed by atoms with Crippen LogP contribution in [0.1, 0.15) is 45.8 Å². The first-order valence-corrected chi connectivity index (χ1v) is 15.1. The van der Waals surface area contributed by atoms with E-state index in [1.165, 1.54) is 16.4 Å². The molecule has 1 saturated carbocycles. The van der Waals surface area contributed by atoms with Crippen LogP contribution in [0.5, 0.6) is 5.75 Å². The first-order valence-electron chi connectivity index (χ1n) is 13.7. The number of fused-ring (bicyclic) bond motifs is 1. The largest absolute Gasteiger partial charge is 0.755 e. The summed E-state index contributed by atoms with van der Waals surface area (Å²) in [7, 11) is 1.54. The third-order valence-corrected chi connectivity index (χ3v) is 8.36. The standard InChI is InChI=1S/C33H28ClFN2O5S/c1-36-33(38)31-26-16-25(22-8-9-22)28(17-30(26)42-32(31)23-10-12-24(34)13-11-23)37(43(39)40)18-21-7-14-29(27(35)15-21)41-19-20-5-3-2-4-6-20/h2-7,10-17,22H,8-9,18-19H2,1H3,(H,36,38)(H,39,40)/p-1. The molecule has 1 aliphatic carbocycles. The molecule has 6 rings (SSSR count). The van der Waals surface area contributed by atoms with Gasteiger partial charge in [-0.15, -0.1) is 0 Å². The molecule has 0 bridgehead atoms. The highest BCUT2D eigenvalue weighted by atomic mass is 35.5. The van der Waals surface area contributed by atoms with Crippen LogP contribution in [-0.2, 0) is 24.4 Å². The zero-order chi connectivity index (χ0) is 30.1. The van der Waals surface area contributed by atoms with Crippen LogP contribution >= 0.6 is 11.6 Å². The van der Waals surface area contributed by atoms with Crippen molar-refractivity contribution in [2.24, 2.45) is 0 Å². The van der Waals surface area contributed by atoms with Crippen LogP contribution in [0.4, 0.5) is 10.1 Å². The van der Waals surface area contributed by atoms with Crippen molar-refractivity contribution >= 4 is 45.4 Å². The Labute approximate surface area is 255 Å². The number of benzene rings is 4. The predicted octanol–water partition coefficient (Wildman–Crippen LogP) is 7.51. The average molecular weight is 618 g/mol. The fourth-order valence-corrected chi connectivity index (χ4v) is 5.82. The van der Waals surface area contributed by atoms with Gasteiger partial charge in [-0.3, -0.25) is 13.3 Å². The maximum atomic E-state index is 15.0. The van der Waals surface area contributed by atoms with Gasteiger partial charge in [0.2, 0.25) is 0 Å². The molecule has 0 saturated heterocycles. The molecule has 7 nitrogen and oxygen atoms in total. The molecule has 0 radical (unpaired) electrons. The highest BCUT2D eigenvalue weighted by molar-refractivity contribution is 7.80. The number of halogens is 2. The molecule has 0 spiro atoms. The van der Waals surface area contributed by atoms with Crippen LogP contribution in [-0.4, -0.2) is 21.7 Å². The third-order valence-electron chi connectivity index (χ3n) is 7.42. The van der Waals surface area contributed by atoms with Crippen molar-refractivity contribution in [3.63, 3.8) is 0 Å². The van der Waals surface area contributed by atoms with Crippen molar-refractivity contribution in [3.05, 3.63) is 118 Å². The number of furan rings is 1. The maximum Gasteiger partial charge on any atom is 0.255 e. The molecule has 1 aromatic heterocycles. The monoisotopic (exact) mass is 617 g/mol. The number of nitrogens with one attached hydrogen (secondary N) is 1. The molecule has 220 valence electrons. The Bertz CT molecular complexity index is 1820. The number of anilines is 1. The van der Waals surface area contributed by atoms with Crippen LogP contribution in [0, 0.1) is 5.82 Å². The maximum absolute atomic E-state index is 15.0. The number of carbonyl (C=O) groups excluding carboxylic acids is 1. The van der Waals surface area contributed by atoms with Gasteiger partial charge >= 0.3 is 0 Å². The van der Waals surface area contributed by atoms with E-state index in [1.807, 2.05) is 36.4 Å². The van der Waals surface area contributed by atoms with E-state index in [0.29, 0.717) is 44.1 Å². The van der Waals surface area contributed by atoms with Gasteiger partial charge in [0, 0.05) is 40.4 Å². The number of ether oxygens (including phenoxy) is 1. The summed E-state index contributed by atoms with van der Waals surface area (Å²) in [5.41, 5.74) is 3.93. The Hall–Kier alpha value is -4.18. The summed E-state index contributed by atoms with van der Waals surface area (Å²) >= 11 is 3.39. The molecule has 1 fully saturated rings. The number of hydrogen-bond donors (Lipinski definition) is 1. The Morgan fingerprint density at radius 2 is 1.81 bits per heavy atom. The summed E-state index contributed by atoms with van der Waals surface area (Å²) in [5, 5.41) is 3.81. The van der Waals surface area contributed by atoms with Crippen LogP contribution in [0.15, 0.2) is 89.3 Å². The number of nitrogens with zero attached hydrogens (tertiary/aromatic N) is 1. The van der Waals surface area contributed by atoms with Gasteiger partial charge < -0.3 is 19.0 Å². The first kappa shape index (κ1) is 28.9. The van der Waals surface area contributed by atoms with Crippen LogP contribution in [0.25, 0.3) is 22.3 Å². The topological polar surface area (TPSA) is 94.8 Å². The Morgan fingerprint density at radius 3 is 2.47 bits per heavy atom. The number of rotatable bonds is 10. The molecular weight excluding hydrogens is 591 g/mol. The number of carbonyl (C=O) groups is 1. The third kappa shape index (κ3) is 6.15. The molecular formula is C33H27ClFN2O5S-. The molecule has 5 aromatic rings. The lowest BCUT2D eigenvalue weighted by Gasteiger charge is -2.29. The molecule has 1 amide bonds. The van der Waals surface area contributed by atoms with Crippen molar-refractivity contribution in [2.45, 2.75) is 31.9 Å². The van der Waals surface area contributed by atoms with E-state index in [-0.39, 0.29) is 30.7 Å². The van der Waals surface area contributed by atoms with Crippen LogP contribution in [0.2, 0.25) is 5.02 Å². The zero-order valence-electron chi connectivity index (χ0n) is 23.1. The molecule has 1 atom stereocenters. The van der Waals surface area contributed by atoms with E-state index < -0.39 is 17.1 Å². The normalized spacial score (nSPS) is 13.6. The second-order valence-corrected chi connectivity index (χ2v) is 11.7. The summed E-state index contributed by atoms with van der Waals surface area (Å²) in [5.74, 6) is -0.353. The zero-order valence-corrected chi connectivity index (χ0v) is 24.7. The van der Waals surface area contributed by atoms with E-state index in [2.05, 4.69) is 5.32 Å². The van der Waals surface area contributed by atoms with E-state index in [4.69, 9.17) is 20.8 Å². The van der Waals surface area contributed by atoms with Gasteiger partial charge in [0.05, 0.1) is 17.8 Å². The summed E-state index contributed by atoms with van der Waals surface area (Å²) < 4.78 is 53.3. The minimum atomic E-state index is -2.69. The molecule has 1 aliphatic rings. The quantitative estimate of drug-likeness (QED) is 0.164. The van der Waals surface area contributed by atoms with Gasteiger partial charge in [-0.05, 0) is 77.9 Å². The second-order valence-electron chi connectivity index (χ2n) is 10.4. The lowest BCUT2D eigenvalue weighted by Crippen LogP contribution is -2.26. The van der Waals surface area contributed by atoms with E-state index >= 15 is 4.39 Å². The van der Waals surface area contributed by atoms with Crippen molar-refractivity contribution in [1.29, 1.82) is 0 Å². The van der Waals surface area contributed by atoms with Gasteiger partial charge in [0.25, 0.3) is 5.91 Å². The minimum absolute atomic E-state index is 0.0783. The molecule has 1 N–H and O–H groups in total. The van der Waals surface area contributed by atoms with E-state index in [1.54, 1.807) is 43.4 Å². The van der Waals surface area contributed by atoms with Gasteiger partial charge in [-0.2, -0.15) is 0 Å². The molecule has 10 heteroatoms. The summed E-state index contributed by atoms with van der Waals surface area (Å²) in [4.78, 5) is 13.0. The Balaban J connectivity index is 1.36. The fourth-order valence-electron chi connectivity index (χ4n) is 5.12. The predicted molar refractivity (Wildman–Crippen MR) is 164 cm³/mol. The number of hydrogen-bond acceptors (Lipinski definition) is 5. The van der Waals surface area contributed by atoms with Gasteiger partial charge in [-0.25, -0.2) is 4.39 Å². The highest BCUT2D eigenvalue weighted by Crippen LogP contribution is 2.48. The van der Waals surface area contributed by atoms with Crippen molar-refractivity contribution in [2.75, 3.05) is 11.4 Å². The SMILES string of the molecule is CNC(=O)c1c(-c2ccc(Cl)cc2)oc2cc(N(Cc3ccc(OCc4ccccc4)c(F)c3)S(=O)[O-])c(C3CC3)cc12. The molecule has 43 heavy (non-hydrogen) atoms.